The van der Waals surface area contributed by atoms with Crippen LogP contribution in [0, 0.1) is 6.92 Å². The molecule has 0 saturated carbocycles. The molecule has 1 aromatic heterocycles. The Labute approximate surface area is 202 Å². The van der Waals surface area contributed by atoms with E-state index in [1.165, 1.54) is 56.7 Å². The van der Waals surface area contributed by atoms with Crippen LogP contribution in [0.15, 0.2) is 64.4 Å². The Morgan fingerprint density at radius 3 is 2.06 bits per heavy atom. The topological polar surface area (TPSA) is 166 Å². The molecule has 0 atom stereocenters. The van der Waals surface area contributed by atoms with E-state index in [9.17, 15) is 21.6 Å². The van der Waals surface area contributed by atoms with Crippen molar-refractivity contribution in [3.8, 4) is 11.9 Å². The van der Waals surface area contributed by atoms with Gasteiger partial charge in [0.25, 0.3) is 10.0 Å². The number of rotatable bonds is 10. The summed E-state index contributed by atoms with van der Waals surface area (Å²) in [4.78, 5) is 19.9. The summed E-state index contributed by atoms with van der Waals surface area (Å²) in [7, 11) is -5.20. The van der Waals surface area contributed by atoms with Gasteiger partial charge in [-0.2, -0.15) is 9.97 Å². The molecular formula is C21H23N5O7S2. The lowest BCUT2D eigenvalue weighted by molar-refractivity contribution is -0.115. The number of aromatic nitrogens is 2. The van der Waals surface area contributed by atoms with Gasteiger partial charge < -0.3 is 14.8 Å². The van der Waals surface area contributed by atoms with Gasteiger partial charge in [-0.05, 0) is 43.3 Å². The van der Waals surface area contributed by atoms with E-state index < -0.39 is 32.5 Å². The van der Waals surface area contributed by atoms with Crippen molar-refractivity contribution >= 4 is 37.5 Å². The first-order chi connectivity index (χ1) is 16.5. The van der Waals surface area contributed by atoms with Crippen molar-refractivity contribution in [2.24, 2.45) is 0 Å². The second-order valence-electron chi connectivity index (χ2n) is 7.10. The number of anilines is 2. The van der Waals surface area contributed by atoms with Gasteiger partial charge in [0.15, 0.2) is 5.82 Å². The molecule has 186 valence electrons. The molecule has 1 heterocycles. The smallest absolute Gasteiger partial charge is 0.321 e. The maximum atomic E-state index is 12.7. The quantitative estimate of drug-likeness (QED) is 0.358. The van der Waals surface area contributed by atoms with E-state index in [2.05, 4.69) is 24.7 Å². The summed E-state index contributed by atoms with van der Waals surface area (Å²) >= 11 is 0. The Kier molecular flexibility index (Phi) is 7.89. The van der Waals surface area contributed by atoms with Crippen LogP contribution in [0.4, 0.5) is 11.5 Å². The van der Waals surface area contributed by atoms with Gasteiger partial charge in [-0.3, -0.25) is 9.52 Å². The zero-order chi connectivity index (χ0) is 25.6. The SMILES string of the molecule is COc1cc(NS(=O)(=O)c2ccc(NC(=O)CNS(=O)(=O)c3ccc(C)cc3)cc2)nc(OC)n1. The van der Waals surface area contributed by atoms with E-state index in [0.29, 0.717) is 0 Å². The number of hydrogen-bond acceptors (Lipinski definition) is 9. The van der Waals surface area contributed by atoms with Crippen molar-refractivity contribution in [2.75, 3.05) is 30.8 Å². The third-order valence-electron chi connectivity index (χ3n) is 4.52. The summed E-state index contributed by atoms with van der Waals surface area (Å²) in [6.07, 6.45) is 0. The van der Waals surface area contributed by atoms with E-state index >= 15 is 0 Å². The van der Waals surface area contributed by atoms with Gasteiger partial charge in [0.1, 0.15) is 0 Å². The molecule has 0 radical (unpaired) electrons. The predicted octanol–water partition coefficient (Wildman–Crippen LogP) is 1.52. The molecule has 1 amide bonds. The maximum Gasteiger partial charge on any atom is 0.321 e. The zero-order valence-electron chi connectivity index (χ0n) is 19.0. The Balaban J connectivity index is 1.63. The van der Waals surface area contributed by atoms with Crippen LogP contribution in [0.1, 0.15) is 5.56 Å². The van der Waals surface area contributed by atoms with Crippen LogP contribution >= 0.6 is 0 Å². The fraction of sp³-hybridized carbons (Fsp3) is 0.190. The average molecular weight is 522 g/mol. The summed E-state index contributed by atoms with van der Waals surface area (Å²) in [5, 5.41) is 2.50. The third kappa shape index (κ3) is 6.88. The first-order valence-electron chi connectivity index (χ1n) is 9.98. The van der Waals surface area contributed by atoms with Crippen LogP contribution in [0.25, 0.3) is 0 Å². The Morgan fingerprint density at radius 2 is 1.46 bits per heavy atom. The second-order valence-corrected chi connectivity index (χ2v) is 10.5. The summed E-state index contributed by atoms with van der Waals surface area (Å²) < 4.78 is 64.4. The number of sulfonamides is 2. The fourth-order valence-corrected chi connectivity index (χ4v) is 4.71. The zero-order valence-corrected chi connectivity index (χ0v) is 20.6. The molecule has 3 N–H and O–H groups in total. The van der Waals surface area contributed by atoms with Crippen LogP contribution in [0.2, 0.25) is 0 Å². The molecule has 35 heavy (non-hydrogen) atoms. The lowest BCUT2D eigenvalue weighted by Gasteiger charge is -2.11. The van der Waals surface area contributed by atoms with Crippen LogP contribution < -0.4 is 24.2 Å². The maximum absolute atomic E-state index is 12.7. The molecule has 0 saturated heterocycles. The molecule has 2 aromatic carbocycles. The molecule has 0 aliphatic heterocycles. The summed E-state index contributed by atoms with van der Waals surface area (Å²) in [6, 6.07) is 12.6. The van der Waals surface area contributed by atoms with Crippen molar-refractivity contribution in [3.63, 3.8) is 0 Å². The number of ether oxygens (including phenoxy) is 2. The van der Waals surface area contributed by atoms with Gasteiger partial charge in [-0.1, -0.05) is 17.7 Å². The van der Waals surface area contributed by atoms with E-state index in [4.69, 9.17) is 9.47 Å². The lowest BCUT2D eigenvalue weighted by atomic mass is 10.2. The van der Waals surface area contributed by atoms with Gasteiger partial charge in [0.05, 0.1) is 30.6 Å². The van der Waals surface area contributed by atoms with Gasteiger partial charge >= 0.3 is 6.01 Å². The highest BCUT2D eigenvalue weighted by atomic mass is 32.2. The monoisotopic (exact) mass is 521 g/mol. The number of aryl methyl sites for hydroxylation is 1. The molecule has 0 aliphatic rings. The number of benzene rings is 2. The van der Waals surface area contributed by atoms with Gasteiger partial charge in [0.2, 0.25) is 21.8 Å². The first-order valence-corrected chi connectivity index (χ1v) is 12.9. The number of methoxy groups -OCH3 is 2. The molecule has 14 heteroatoms. The van der Waals surface area contributed by atoms with Gasteiger partial charge in [-0.25, -0.2) is 21.6 Å². The molecule has 0 aliphatic carbocycles. The molecule has 0 fully saturated rings. The van der Waals surface area contributed by atoms with Crippen molar-refractivity contribution in [1.29, 1.82) is 0 Å². The number of nitrogens with zero attached hydrogens (tertiary/aromatic N) is 2. The molecular weight excluding hydrogens is 498 g/mol. The highest BCUT2D eigenvalue weighted by molar-refractivity contribution is 7.92. The molecule has 0 spiro atoms. The Morgan fingerprint density at radius 1 is 0.857 bits per heavy atom. The largest absolute Gasteiger partial charge is 0.481 e. The normalized spacial score (nSPS) is 11.5. The molecule has 3 aromatic rings. The van der Waals surface area contributed by atoms with Gasteiger partial charge in [-0.15, -0.1) is 0 Å². The van der Waals surface area contributed by atoms with Crippen molar-refractivity contribution in [1.82, 2.24) is 14.7 Å². The van der Waals surface area contributed by atoms with Gasteiger partial charge in [0, 0.05) is 11.8 Å². The van der Waals surface area contributed by atoms with E-state index in [1.54, 1.807) is 12.1 Å². The summed E-state index contributed by atoms with van der Waals surface area (Å²) in [6.45, 7) is 1.32. The number of carbonyl (C=O) groups is 1. The van der Waals surface area contributed by atoms with Crippen LogP contribution in [-0.2, 0) is 24.8 Å². The first kappa shape index (κ1) is 25.9. The summed E-state index contributed by atoms with van der Waals surface area (Å²) in [5.41, 5.74) is 1.17. The second kappa shape index (κ2) is 10.7. The third-order valence-corrected chi connectivity index (χ3v) is 7.30. The van der Waals surface area contributed by atoms with Crippen molar-refractivity contribution in [2.45, 2.75) is 16.7 Å². The standard InChI is InChI=1S/C21H23N5O7S2/c1-14-4-8-16(9-5-14)34(28,29)22-13-19(27)23-15-6-10-17(11-7-15)35(30,31)26-18-12-20(32-2)25-21(24-18)33-3/h4-12,22H,13H2,1-3H3,(H,23,27)(H,24,25,26). The predicted molar refractivity (Wildman–Crippen MR) is 127 cm³/mol. The highest BCUT2D eigenvalue weighted by Gasteiger charge is 2.18. The van der Waals surface area contributed by atoms with E-state index in [0.717, 1.165) is 5.56 Å². The highest BCUT2D eigenvalue weighted by Crippen LogP contribution is 2.21. The molecule has 0 unspecified atom stereocenters. The number of nitrogens with one attached hydrogen (secondary N) is 3. The van der Waals surface area contributed by atoms with Crippen LogP contribution in [0.5, 0.6) is 11.9 Å². The summed E-state index contributed by atoms with van der Waals surface area (Å²) in [5.74, 6) is -0.591. The molecule has 0 bridgehead atoms. The van der Waals surface area contributed by atoms with Crippen molar-refractivity contribution < 1.29 is 31.1 Å². The minimum Gasteiger partial charge on any atom is -0.481 e. The number of carbonyl (C=O) groups excluding carboxylic acids is 1. The van der Waals surface area contributed by atoms with E-state index in [-0.39, 0.29) is 33.2 Å². The van der Waals surface area contributed by atoms with E-state index in [1.807, 2.05) is 6.92 Å². The Bertz CT molecular complexity index is 1390. The number of hydrogen-bond donors (Lipinski definition) is 3. The average Bonchev–Trinajstić information content (AvgIpc) is 2.83. The van der Waals surface area contributed by atoms with Crippen molar-refractivity contribution in [3.05, 3.63) is 60.2 Å². The molecule has 3 rings (SSSR count). The molecule has 12 nitrogen and oxygen atoms in total. The van der Waals surface area contributed by atoms with Crippen LogP contribution in [0.3, 0.4) is 0 Å². The fourth-order valence-electron chi connectivity index (χ4n) is 2.73. The lowest BCUT2D eigenvalue weighted by Crippen LogP contribution is -2.32. The minimum atomic E-state index is -4.03. The Hall–Kier alpha value is -3.75. The number of amides is 1. The van der Waals surface area contributed by atoms with Crippen LogP contribution in [-0.4, -0.2) is 53.5 Å². The minimum absolute atomic E-state index is 0.0388.